The first-order valence-electron chi connectivity index (χ1n) is 6.89. The van der Waals surface area contributed by atoms with Crippen LogP contribution in [-0.4, -0.2) is 56.4 Å². The number of nitrogens with zero attached hydrogens (tertiary/aromatic N) is 1. The van der Waals surface area contributed by atoms with Crippen LogP contribution in [0.1, 0.15) is 32.6 Å². The van der Waals surface area contributed by atoms with E-state index in [1.54, 1.807) is 0 Å². The van der Waals surface area contributed by atoms with E-state index in [1.165, 1.54) is 4.31 Å². The SMILES string of the molecule is CCCCN(CCO)S(=O)(=O)CC1CCCNC1. The van der Waals surface area contributed by atoms with E-state index in [2.05, 4.69) is 5.32 Å². The van der Waals surface area contributed by atoms with Crippen LogP contribution in [0, 0.1) is 5.92 Å². The number of nitrogens with one attached hydrogen (secondary N) is 1. The molecule has 1 aliphatic rings. The summed E-state index contributed by atoms with van der Waals surface area (Å²) in [5.41, 5.74) is 0. The third-order valence-corrected chi connectivity index (χ3v) is 5.39. The van der Waals surface area contributed by atoms with Gasteiger partial charge < -0.3 is 10.4 Å². The van der Waals surface area contributed by atoms with Gasteiger partial charge in [-0.2, -0.15) is 4.31 Å². The molecule has 0 spiro atoms. The van der Waals surface area contributed by atoms with Gasteiger partial charge in [0.2, 0.25) is 10.0 Å². The summed E-state index contributed by atoms with van der Waals surface area (Å²) in [4.78, 5) is 0. The van der Waals surface area contributed by atoms with Crippen LogP contribution >= 0.6 is 0 Å². The summed E-state index contributed by atoms with van der Waals surface area (Å²) in [6.45, 7) is 4.47. The molecule has 1 unspecified atom stereocenters. The third-order valence-electron chi connectivity index (χ3n) is 3.35. The van der Waals surface area contributed by atoms with Crippen molar-refractivity contribution in [1.82, 2.24) is 9.62 Å². The van der Waals surface area contributed by atoms with Crippen LogP contribution in [-0.2, 0) is 10.0 Å². The molecule has 1 aliphatic heterocycles. The van der Waals surface area contributed by atoms with E-state index in [-0.39, 0.29) is 24.8 Å². The highest BCUT2D eigenvalue weighted by Crippen LogP contribution is 2.15. The number of sulfonamides is 1. The molecule has 108 valence electrons. The zero-order valence-electron chi connectivity index (χ0n) is 11.3. The minimum atomic E-state index is -3.22. The van der Waals surface area contributed by atoms with Gasteiger partial charge in [-0.3, -0.25) is 0 Å². The van der Waals surface area contributed by atoms with Gasteiger partial charge in [0.1, 0.15) is 0 Å². The first-order valence-corrected chi connectivity index (χ1v) is 8.50. The number of aliphatic hydroxyl groups excluding tert-OH is 1. The van der Waals surface area contributed by atoms with E-state index < -0.39 is 10.0 Å². The zero-order valence-corrected chi connectivity index (χ0v) is 12.1. The van der Waals surface area contributed by atoms with E-state index in [4.69, 9.17) is 5.11 Å². The first kappa shape index (κ1) is 15.9. The molecule has 0 bridgehead atoms. The van der Waals surface area contributed by atoms with Gasteiger partial charge >= 0.3 is 0 Å². The molecule has 6 heteroatoms. The Kier molecular flexibility index (Phi) is 7.14. The molecule has 1 fully saturated rings. The number of rotatable bonds is 8. The largest absolute Gasteiger partial charge is 0.395 e. The molecule has 0 radical (unpaired) electrons. The monoisotopic (exact) mass is 278 g/mol. The smallest absolute Gasteiger partial charge is 0.214 e. The van der Waals surface area contributed by atoms with Gasteiger partial charge in [0.25, 0.3) is 0 Å². The Bertz CT molecular complexity index is 313. The molecule has 1 rings (SSSR count). The molecule has 0 aromatic rings. The Morgan fingerprint density at radius 2 is 2.17 bits per heavy atom. The molecule has 0 amide bonds. The first-order chi connectivity index (χ1) is 8.60. The van der Waals surface area contributed by atoms with Crippen molar-refractivity contribution in [3.8, 4) is 0 Å². The van der Waals surface area contributed by atoms with Crippen molar-refractivity contribution in [3.05, 3.63) is 0 Å². The van der Waals surface area contributed by atoms with Crippen molar-refractivity contribution in [2.24, 2.45) is 5.92 Å². The van der Waals surface area contributed by atoms with E-state index in [0.29, 0.717) is 6.54 Å². The average Bonchev–Trinajstić information content (AvgIpc) is 2.35. The molecule has 1 heterocycles. The van der Waals surface area contributed by atoms with Crippen LogP contribution < -0.4 is 5.32 Å². The van der Waals surface area contributed by atoms with Crippen LogP contribution in [0.4, 0.5) is 0 Å². The molecule has 0 aromatic heterocycles. The van der Waals surface area contributed by atoms with Gasteiger partial charge in [-0.25, -0.2) is 8.42 Å². The van der Waals surface area contributed by atoms with Crippen molar-refractivity contribution in [2.45, 2.75) is 32.6 Å². The van der Waals surface area contributed by atoms with Crippen molar-refractivity contribution in [1.29, 1.82) is 0 Å². The Morgan fingerprint density at radius 1 is 1.39 bits per heavy atom. The summed E-state index contributed by atoms with van der Waals surface area (Å²) in [7, 11) is -3.22. The average molecular weight is 278 g/mol. The van der Waals surface area contributed by atoms with Crippen molar-refractivity contribution >= 4 is 10.0 Å². The number of hydrogen-bond donors (Lipinski definition) is 2. The highest BCUT2D eigenvalue weighted by molar-refractivity contribution is 7.89. The number of aliphatic hydroxyl groups is 1. The lowest BCUT2D eigenvalue weighted by Crippen LogP contribution is -2.41. The fourth-order valence-electron chi connectivity index (χ4n) is 2.31. The second-order valence-corrected chi connectivity index (χ2v) is 6.98. The molecule has 18 heavy (non-hydrogen) atoms. The number of unbranched alkanes of at least 4 members (excludes halogenated alkanes) is 1. The summed E-state index contributed by atoms with van der Waals surface area (Å²) < 4.78 is 26.0. The predicted molar refractivity (Wildman–Crippen MR) is 72.9 cm³/mol. The Balaban J connectivity index is 2.55. The molecular weight excluding hydrogens is 252 g/mol. The second kappa shape index (κ2) is 8.09. The van der Waals surface area contributed by atoms with Gasteiger partial charge in [0.05, 0.1) is 12.4 Å². The highest BCUT2D eigenvalue weighted by Gasteiger charge is 2.26. The summed E-state index contributed by atoms with van der Waals surface area (Å²) in [5.74, 6) is 0.426. The maximum absolute atomic E-state index is 12.3. The Morgan fingerprint density at radius 3 is 2.72 bits per heavy atom. The molecule has 2 N–H and O–H groups in total. The molecule has 0 aliphatic carbocycles. The van der Waals surface area contributed by atoms with Crippen LogP contribution in [0.3, 0.4) is 0 Å². The molecule has 1 atom stereocenters. The van der Waals surface area contributed by atoms with Crippen LogP contribution in [0.2, 0.25) is 0 Å². The third kappa shape index (κ3) is 5.22. The van der Waals surface area contributed by atoms with Gasteiger partial charge in [-0.1, -0.05) is 13.3 Å². The van der Waals surface area contributed by atoms with Gasteiger partial charge in [0, 0.05) is 13.1 Å². The summed E-state index contributed by atoms with van der Waals surface area (Å²) in [6, 6.07) is 0. The lowest BCUT2D eigenvalue weighted by molar-refractivity contribution is 0.251. The maximum Gasteiger partial charge on any atom is 0.214 e. The quantitative estimate of drug-likeness (QED) is 0.675. The Hall–Kier alpha value is -0.170. The van der Waals surface area contributed by atoms with Gasteiger partial charge in [-0.05, 0) is 38.3 Å². The zero-order chi connectivity index (χ0) is 13.4. The highest BCUT2D eigenvalue weighted by atomic mass is 32.2. The van der Waals surface area contributed by atoms with Crippen molar-refractivity contribution in [2.75, 3.05) is 38.5 Å². The molecule has 0 saturated carbocycles. The minimum absolute atomic E-state index is 0.105. The van der Waals surface area contributed by atoms with Crippen molar-refractivity contribution in [3.63, 3.8) is 0 Å². The lowest BCUT2D eigenvalue weighted by atomic mass is 10.0. The van der Waals surface area contributed by atoms with E-state index >= 15 is 0 Å². The molecule has 1 saturated heterocycles. The van der Waals surface area contributed by atoms with E-state index in [9.17, 15) is 8.42 Å². The standard InChI is InChI=1S/C12H26N2O3S/c1-2-3-7-14(8-9-15)18(16,17)11-12-5-4-6-13-10-12/h12-13,15H,2-11H2,1H3. The van der Waals surface area contributed by atoms with Crippen LogP contribution in [0.25, 0.3) is 0 Å². The Labute approximate surface area is 111 Å². The van der Waals surface area contributed by atoms with E-state index in [0.717, 1.165) is 38.8 Å². The van der Waals surface area contributed by atoms with Crippen molar-refractivity contribution < 1.29 is 13.5 Å². The summed E-state index contributed by atoms with van der Waals surface area (Å²) in [6.07, 6.45) is 3.84. The molecule has 0 aromatic carbocycles. The van der Waals surface area contributed by atoms with Gasteiger partial charge in [0.15, 0.2) is 0 Å². The number of piperidine rings is 1. The molecule has 5 nitrogen and oxygen atoms in total. The minimum Gasteiger partial charge on any atom is -0.395 e. The predicted octanol–water partition coefficient (Wildman–Crippen LogP) is 0.410. The van der Waals surface area contributed by atoms with E-state index in [1.807, 2.05) is 6.92 Å². The fraction of sp³-hybridized carbons (Fsp3) is 1.00. The normalized spacial score (nSPS) is 21.4. The topological polar surface area (TPSA) is 69.6 Å². The summed E-state index contributed by atoms with van der Waals surface area (Å²) >= 11 is 0. The van der Waals surface area contributed by atoms with Gasteiger partial charge in [-0.15, -0.1) is 0 Å². The maximum atomic E-state index is 12.3. The number of hydrogen-bond acceptors (Lipinski definition) is 4. The van der Waals surface area contributed by atoms with Crippen LogP contribution in [0.5, 0.6) is 0 Å². The second-order valence-electron chi connectivity index (χ2n) is 4.97. The summed E-state index contributed by atoms with van der Waals surface area (Å²) in [5, 5.41) is 12.2. The van der Waals surface area contributed by atoms with Crippen LogP contribution in [0.15, 0.2) is 0 Å². The lowest BCUT2D eigenvalue weighted by Gasteiger charge is -2.27. The fourth-order valence-corrected chi connectivity index (χ4v) is 4.16. The molecular formula is C12H26N2O3S.